The number of nitrogens with zero attached hydrogens (tertiary/aromatic N) is 6. The Kier molecular flexibility index (Phi) is 7.82. The molecule has 3 aromatic heterocycles. The first-order valence-corrected chi connectivity index (χ1v) is 12.6. The van der Waals surface area contributed by atoms with E-state index in [1.54, 1.807) is 31.6 Å². The summed E-state index contributed by atoms with van der Waals surface area (Å²) in [5.74, 6) is -0.0815. The molecule has 0 unspecified atom stereocenters. The van der Waals surface area contributed by atoms with E-state index in [4.69, 9.17) is 22.1 Å². The SMILES string of the molecule is CC(C)n1c(C(C)(C)O)nc2c(F)cc(-c3nc(N)ncc3Cl)cc21.COCc1cc2n(n1)CCCC2. The number of hydrogen-bond donors (Lipinski definition) is 2. The lowest BCUT2D eigenvalue weighted by molar-refractivity contribution is 0.0641. The van der Waals surface area contributed by atoms with Crippen LogP contribution in [-0.2, 0) is 29.9 Å². The van der Waals surface area contributed by atoms with Gasteiger partial charge in [-0.2, -0.15) is 5.10 Å². The van der Waals surface area contributed by atoms with Gasteiger partial charge in [-0.15, -0.1) is 0 Å². The average molecular weight is 530 g/mol. The number of hydrogen-bond acceptors (Lipinski definition) is 7. The molecule has 1 aromatic carbocycles. The van der Waals surface area contributed by atoms with Crippen LogP contribution in [0.5, 0.6) is 0 Å². The first kappa shape index (κ1) is 27.0. The topological polar surface area (TPSA) is 117 Å². The van der Waals surface area contributed by atoms with Crippen molar-refractivity contribution < 1.29 is 14.2 Å². The minimum absolute atomic E-state index is 0.0352. The van der Waals surface area contributed by atoms with Crippen LogP contribution < -0.4 is 5.73 Å². The van der Waals surface area contributed by atoms with Crippen LogP contribution in [0.3, 0.4) is 0 Å². The largest absolute Gasteiger partial charge is 0.383 e. The summed E-state index contributed by atoms with van der Waals surface area (Å²) in [7, 11) is 1.71. The van der Waals surface area contributed by atoms with Gasteiger partial charge in [-0.25, -0.2) is 19.3 Å². The smallest absolute Gasteiger partial charge is 0.220 e. The Morgan fingerprint density at radius 1 is 1.22 bits per heavy atom. The Balaban J connectivity index is 0.000000222. The summed E-state index contributed by atoms with van der Waals surface area (Å²) < 4.78 is 23.7. The quantitative estimate of drug-likeness (QED) is 0.372. The van der Waals surface area contributed by atoms with Crippen molar-refractivity contribution in [3.63, 3.8) is 0 Å². The molecule has 198 valence electrons. The summed E-state index contributed by atoms with van der Waals surface area (Å²) in [6.07, 6.45) is 5.12. The average Bonchev–Trinajstić information content (AvgIpc) is 3.43. The molecule has 37 heavy (non-hydrogen) atoms. The molecule has 4 aromatic rings. The number of anilines is 1. The van der Waals surface area contributed by atoms with E-state index in [0.717, 1.165) is 12.2 Å². The number of aliphatic hydroxyl groups is 1. The zero-order valence-corrected chi connectivity index (χ0v) is 22.6. The molecular formula is C26H33ClFN7O2. The van der Waals surface area contributed by atoms with Gasteiger partial charge >= 0.3 is 0 Å². The van der Waals surface area contributed by atoms with Gasteiger partial charge in [-0.1, -0.05) is 11.6 Å². The van der Waals surface area contributed by atoms with Gasteiger partial charge in [0.25, 0.3) is 0 Å². The molecule has 0 aliphatic carbocycles. The van der Waals surface area contributed by atoms with Gasteiger partial charge in [0, 0.05) is 31.0 Å². The van der Waals surface area contributed by atoms with Crippen molar-refractivity contribution in [3.8, 4) is 11.3 Å². The van der Waals surface area contributed by atoms with E-state index < -0.39 is 11.4 Å². The molecule has 0 amide bonds. The summed E-state index contributed by atoms with van der Waals surface area (Å²) in [6.45, 7) is 8.84. The molecule has 9 nitrogen and oxygen atoms in total. The Bertz CT molecular complexity index is 1380. The van der Waals surface area contributed by atoms with Crippen molar-refractivity contribution >= 4 is 28.6 Å². The molecule has 0 spiro atoms. The maximum atomic E-state index is 14.7. The third-order valence-corrected chi connectivity index (χ3v) is 6.38. The zero-order valence-electron chi connectivity index (χ0n) is 21.8. The van der Waals surface area contributed by atoms with Gasteiger partial charge in [-0.3, -0.25) is 4.68 Å². The second-order valence-corrected chi connectivity index (χ2v) is 10.4. The Morgan fingerprint density at radius 3 is 2.62 bits per heavy atom. The van der Waals surface area contributed by atoms with E-state index in [0.29, 0.717) is 29.2 Å². The van der Waals surface area contributed by atoms with Crippen LogP contribution in [0.25, 0.3) is 22.3 Å². The fraction of sp³-hybridized carbons (Fsp3) is 0.462. The number of halogens is 2. The minimum atomic E-state index is -1.22. The molecule has 3 N–H and O–H groups in total. The Morgan fingerprint density at radius 2 is 1.97 bits per heavy atom. The van der Waals surface area contributed by atoms with E-state index in [9.17, 15) is 9.50 Å². The van der Waals surface area contributed by atoms with Crippen LogP contribution >= 0.6 is 11.6 Å². The molecule has 4 heterocycles. The standard InChI is InChI=1S/C17H19ClFN5O.C9H14N2O/c1-8(2)24-12-6-9(13-10(18)7-21-16(20)23-13)5-11(19)14(12)22-15(24)17(3,4)25;1-12-7-8-6-9-4-2-3-5-11(9)10-8/h5-8,25H,1-4H3,(H2,20,21,23);6H,2-5,7H2,1H3. The van der Waals surface area contributed by atoms with Gasteiger partial charge in [0.15, 0.2) is 5.82 Å². The van der Waals surface area contributed by atoms with Gasteiger partial charge in [0.2, 0.25) is 5.95 Å². The zero-order chi connectivity index (χ0) is 26.9. The van der Waals surface area contributed by atoms with Crippen LogP contribution in [0.4, 0.5) is 10.3 Å². The maximum absolute atomic E-state index is 14.7. The second-order valence-electron chi connectivity index (χ2n) is 9.95. The van der Waals surface area contributed by atoms with E-state index >= 15 is 0 Å². The minimum Gasteiger partial charge on any atom is -0.383 e. The maximum Gasteiger partial charge on any atom is 0.220 e. The van der Waals surface area contributed by atoms with Gasteiger partial charge in [0.05, 0.1) is 34.7 Å². The van der Waals surface area contributed by atoms with E-state index in [1.165, 1.54) is 37.2 Å². The van der Waals surface area contributed by atoms with Crippen molar-refractivity contribution in [3.05, 3.63) is 52.4 Å². The van der Waals surface area contributed by atoms with Crippen LogP contribution in [0.15, 0.2) is 24.4 Å². The molecule has 5 rings (SSSR count). The monoisotopic (exact) mass is 529 g/mol. The molecule has 11 heteroatoms. The number of methoxy groups -OCH3 is 1. The highest BCUT2D eigenvalue weighted by molar-refractivity contribution is 6.33. The van der Waals surface area contributed by atoms with Crippen molar-refractivity contribution in [1.29, 1.82) is 0 Å². The Hall–Kier alpha value is -3.08. The molecular weight excluding hydrogens is 497 g/mol. The number of fused-ring (bicyclic) bond motifs is 2. The molecule has 1 aliphatic rings. The fourth-order valence-corrected chi connectivity index (χ4v) is 4.72. The van der Waals surface area contributed by atoms with Crippen molar-refractivity contribution in [2.24, 2.45) is 0 Å². The van der Waals surface area contributed by atoms with Gasteiger partial charge in [-0.05, 0) is 65.2 Å². The lowest BCUT2D eigenvalue weighted by Crippen LogP contribution is -2.23. The number of aryl methyl sites for hydroxylation is 2. The highest BCUT2D eigenvalue weighted by Gasteiger charge is 2.28. The molecule has 0 saturated carbocycles. The van der Waals surface area contributed by atoms with Crippen molar-refractivity contribution in [2.45, 2.75) is 71.8 Å². The number of rotatable bonds is 5. The number of nitrogens with two attached hydrogens (primary N) is 1. The number of imidazole rings is 1. The third-order valence-electron chi connectivity index (χ3n) is 6.11. The molecule has 0 radical (unpaired) electrons. The van der Waals surface area contributed by atoms with E-state index in [1.807, 2.05) is 13.8 Å². The predicted molar refractivity (Wildman–Crippen MR) is 142 cm³/mol. The normalized spacial score (nSPS) is 13.5. The lowest BCUT2D eigenvalue weighted by atomic mass is 10.1. The van der Waals surface area contributed by atoms with E-state index in [2.05, 4.69) is 30.8 Å². The number of nitrogen functional groups attached to an aromatic ring is 1. The van der Waals surface area contributed by atoms with Crippen LogP contribution in [0.2, 0.25) is 5.02 Å². The van der Waals surface area contributed by atoms with Crippen LogP contribution in [-0.4, -0.2) is 41.5 Å². The van der Waals surface area contributed by atoms with Crippen LogP contribution in [0, 0.1) is 5.82 Å². The summed E-state index contributed by atoms with van der Waals surface area (Å²) in [5, 5.41) is 15.1. The third kappa shape index (κ3) is 5.76. The molecule has 0 saturated heterocycles. The highest BCUT2D eigenvalue weighted by Crippen LogP contribution is 2.34. The van der Waals surface area contributed by atoms with Crippen molar-refractivity contribution in [1.82, 2.24) is 29.3 Å². The van der Waals surface area contributed by atoms with Crippen LogP contribution in [0.1, 0.15) is 63.8 Å². The lowest BCUT2D eigenvalue weighted by Gasteiger charge is -2.21. The van der Waals surface area contributed by atoms with Crippen molar-refractivity contribution in [2.75, 3.05) is 12.8 Å². The molecule has 1 aliphatic heterocycles. The Labute approximate surface area is 220 Å². The van der Waals surface area contributed by atoms with Gasteiger partial charge < -0.3 is 20.1 Å². The summed E-state index contributed by atoms with van der Waals surface area (Å²) in [6, 6.07) is 5.17. The predicted octanol–water partition coefficient (Wildman–Crippen LogP) is 5.04. The van der Waals surface area contributed by atoms with E-state index in [-0.39, 0.29) is 22.5 Å². The number of benzene rings is 1. The first-order chi connectivity index (χ1) is 17.5. The highest BCUT2D eigenvalue weighted by atomic mass is 35.5. The first-order valence-electron chi connectivity index (χ1n) is 12.3. The molecule has 0 bridgehead atoms. The summed E-state index contributed by atoms with van der Waals surface area (Å²) in [4.78, 5) is 12.3. The molecule has 0 fully saturated rings. The fourth-order valence-electron chi connectivity index (χ4n) is 4.52. The number of aromatic nitrogens is 6. The summed E-state index contributed by atoms with van der Waals surface area (Å²) >= 11 is 6.15. The number of ether oxygens (including phenoxy) is 1. The second kappa shape index (κ2) is 10.7. The summed E-state index contributed by atoms with van der Waals surface area (Å²) in [5.41, 5.74) is 8.40. The van der Waals surface area contributed by atoms with Gasteiger partial charge in [0.1, 0.15) is 16.9 Å². The molecule has 0 atom stereocenters.